The van der Waals surface area contributed by atoms with Crippen molar-refractivity contribution in [2.24, 2.45) is 5.92 Å². The quantitative estimate of drug-likeness (QED) is 0.821. The Balaban J connectivity index is 1.25. The van der Waals surface area contributed by atoms with Gasteiger partial charge in [0, 0.05) is 56.4 Å². The van der Waals surface area contributed by atoms with E-state index in [0.717, 1.165) is 43.3 Å². The van der Waals surface area contributed by atoms with Gasteiger partial charge in [-0.1, -0.05) is 19.8 Å². The molecule has 2 aromatic rings. The molecule has 0 radical (unpaired) electrons. The first-order chi connectivity index (χ1) is 13.6. The van der Waals surface area contributed by atoms with E-state index in [-0.39, 0.29) is 11.5 Å². The van der Waals surface area contributed by atoms with Crippen molar-refractivity contribution in [3.63, 3.8) is 0 Å². The number of thiazole rings is 1. The summed E-state index contributed by atoms with van der Waals surface area (Å²) in [5.74, 6) is 0.747. The highest BCUT2D eigenvalue weighted by molar-refractivity contribution is 7.15. The van der Waals surface area contributed by atoms with Crippen LogP contribution >= 0.6 is 11.3 Å². The second-order valence-electron chi connectivity index (χ2n) is 8.13. The maximum Gasteiger partial charge on any atom is 0.258 e. The van der Waals surface area contributed by atoms with Crippen molar-refractivity contribution in [3.05, 3.63) is 33.7 Å². The molecule has 3 heterocycles. The zero-order chi connectivity index (χ0) is 19.5. The normalized spacial score (nSPS) is 24.5. The number of nitrogens with zero attached hydrogens (tertiary/aromatic N) is 4. The number of fused-ring (bicyclic) bond motifs is 1. The Bertz CT molecular complexity index is 871. The van der Waals surface area contributed by atoms with Gasteiger partial charge in [-0.25, -0.2) is 4.98 Å². The maximum absolute atomic E-state index is 12.4. The molecule has 0 aromatic carbocycles. The molecule has 1 saturated carbocycles. The predicted molar refractivity (Wildman–Crippen MR) is 111 cm³/mol. The second kappa shape index (κ2) is 8.71. The molecular formula is C20H29N5O2S. The van der Waals surface area contributed by atoms with E-state index in [9.17, 15) is 9.59 Å². The standard InChI is InChI=1S/C20H29N5O2S/c1-15-4-2-3-5-17(15)22-18(26)14-24-8-6-23(7-9-24)13-16-12-19(27)25-10-11-28-20(25)21-16/h10-12,15,17H,2-9,13-14H2,1H3,(H,22,26). The summed E-state index contributed by atoms with van der Waals surface area (Å²) in [6.07, 6.45) is 6.61. The summed E-state index contributed by atoms with van der Waals surface area (Å²) in [4.78, 5) is 34.4. The molecule has 4 rings (SSSR count). The number of amides is 1. The molecule has 1 amide bonds. The molecule has 28 heavy (non-hydrogen) atoms. The van der Waals surface area contributed by atoms with Crippen LogP contribution in [0, 0.1) is 5.92 Å². The minimum Gasteiger partial charge on any atom is -0.352 e. The molecule has 1 N–H and O–H groups in total. The van der Waals surface area contributed by atoms with Crippen LogP contribution in [0.2, 0.25) is 0 Å². The molecule has 2 unspecified atom stereocenters. The van der Waals surface area contributed by atoms with E-state index >= 15 is 0 Å². The third-order valence-corrected chi connectivity index (χ3v) is 6.79. The maximum atomic E-state index is 12.4. The predicted octanol–water partition coefficient (Wildman–Crippen LogP) is 1.57. The number of carbonyl (C=O) groups excluding carboxylic acids is 1. The Kier molecular flexibility index (Phi) is 6.08. The van der Waals surface area contributed by atoms with Gasteiger partial charge in [-0.15, -0.1) is 11.3 Å². The summed E-state index contributed by atoms with van der Waals surface area (Å²) >= 11 is 1.48. The van der Waals surface area contributed by atoms with E-state index in [1.807, 2.05) is 5.38 Å². The lowest BCUT2D eigenvalue weighted by Crippen LogP contribution is -2.51. The number of hydrogen-bond acceptors (Lipinski definition) is 6. The number of aromatic nitrogens is 2. The fourth-order valence-corrected chi connectivity index (χ4v) is 5.03. The number of piperazine rings is 1. The molecule has 2 fully saturated rings. The molecule has 1 saturated heterocycles. The molecule has 8 heteroatoms. The van der Waals surface area contributed by atoms with Crippen LogP contribution in [-0.2, 0) is 11.3 Å². The summed E-state index contributed by atoms with van der Waals surface area (Å²) < 4.78 is 1.58. The second-order valence-corrected chi connectivity index (χ2v) is 9.00. The lowest BCUT2D eigenvalue weighted by Gasteiger charge is -2.35. The Labute approximate surface area is 169 Å². The lowest BCUT2D eigenvalue weighted by molar-refractivity contribution is -0.124. The van der Waals surface area contributed by atoms with Crippen molar-refractivity contribution >= 4 is 22.2 Å². The van der Waals surface area contributed by atoms with Gasteiger partial charge in [0.05, 0.1) is 12.2 Å². The lowest BCUT2D eigenvalue weighted by atomic mass is 9.86. The van der Waals surface area contributed by atoms with E-state index in [4.69, 9.17) is 0 Å². The SMILES string of the molecule is CC1CCCCC1NC(=O)CN1CCN(Cc2cc(=O)n3ccsc3n2)CC1. The Morgan fingerprint density at radius 2 is 1.96 bits per heavy atom. The van der Waals surface area contributed by atoms with Crippen LogP contribution in [0.15, 0.2) is 22.4 Å². The van der Waals surface area contributed by atoms with E-state index < -0.39 is 0 Å². The van der Waals surface area contributed by atoms with Crippen LogP contribution in [0.4, 0.5) is 0 Å². The highest BCUT2D eigenvalue weighted by atomic mass is 32.1. The van der Waals surface area contributed by atoms with Crippen molar-refractivity contribution in [3.8, 4) is 0 Å². The number of nitrogens with one attached hydrogen (secondary N) is 1. The Morgan fingerprint density at radius 1 is 1.21 bits per heavy atom. The topological polar surface area (TPSA) is 70.0 Å². The van der Waals surface area contributed by atoms with Gasteiger partial charge in [0.2, 0.25) is 5.91 Å². The molecule has 2 aliphatic rings. The van der Waals surface area contributed by atoms with Gasteiger partial charge in [-0.05, 0) is 18.8 Å². The number of rotatable bonds is 5. The molecule has 1 aliphatic heterocycles. The Morgan fingerprint density at radius 3 is 2.75 bits per heavy atom. The van der Waals surface area contributed by atoms with Crippen molar-refractivity contribution in [1.29, 1.82) is 0 Å². The highest BCUT2D eigenvalue weighted by Gasteiger charge is 2.25. The van der Waals surface area contributed by atoms with Gasteiger partial charge >= 0.3 is 0 Å². The highest BCUT2D eigenvalue weighted by Crippen LogP contribution is 2.23. The van der Waals surface area contributed by atoms with Crippen LogP contribution in [-0.4, -0.2) is 63.9 Å². The molecule has 0 bridgehead atoms. The van der Waals surface area contributed by atoms with E-state index in [0.29, 0.717) is 25.0 Å². The first-order valence-electron chi connectivity index (χ1n) is 10.3. The Hall–Kier alpha value is -1.77. The van der Waals surface area contributed by atoms with Crippen LogP contribution < -0.4 is 10.9 Å². The van der Waals surface area contributed by atoms with Crippen LogP contribution in [0.25, 0.3) is 4.96 Å². The molecule has 2 atom stereocenters. The van der Waals surface area contributed by atoms with Crippen LogP contribution in [0.3, 0.4) is 0 Å². The van der Waals surface area contributed by atoms with Crippen molar-refractivity contribution < 1.29 is 4.79 Å². The fraction of sp³-hybridized carbons (Fsp3) is 0.650. The smallest absolute Gasteiger partial charge is 0.258 e. The zero-order valence-corrected chi connectivity index (χ0v) is 17.3. The van der Waals surface area contributed by atoms with E-state index in [1.54, 1.807) is 16.7 Å². The minimum absolute atomic E-state index is 0.0199. The molecule has 152 valence electrons. The summed E-state index contributed by atoms with van der Waals surface area (Å²) in [7, 11) is 0. The molecule has 0 spiro atoms. The third kappa shape index (κ3) is 4.61. The van der Waals surface area contributed by atoms with Gasteiger partial charge in [0.25, 0.3) is 5.56 Å². The van der Waals surface area contributed by atoms with E-state index in [1.165, 1.54) is 30.6 Å². The number of hydrogen-bond donors (Lipinski definition) is 1. The molecular weight excluding hydrogens is 374 g/mol. The molecule has 1 aliphatic carbocycles. The van der Waals surface area contributed by atoms with Crippen molar-refractivity contribution in [2.75, 3.05) is 32.7 Å². The van der Waals surface area contributed by atoms with Gasteiger partial charge < -0.3 is 5.32 Å². The first kappa shape index (κ1) is 19.5. The van der Waals surface area contributed by atoms with Gasteiger partial charge in [-0.2, -0.15) is 0 Å². The van der Waals surface area contributed by atoms with Gasteiger partial charge in [-0.3, -0.25) is 23.8 Å². The summed E-state index contributed by atoms with van der Waals surface area (Å²) in [6.45, 7) is 6.93. The fourth-order valence-electron chi connectivity index (χ4n) is 4.29. The van der Waals surface area contributed by atoms with Crippen molar-refractivity contribution in [1.82, 2.24) is 24.5 Å². The average Bonchev–Trinajstić information content (AvgIpc) is 3.14. The van der Waals surface area contributed by atoms with Crippen molar-refractivity contribution in [2.45, 2.75) is 45.2 Å². The van der Waals surface area contributed by atoms with Gasteiger partial charge in [0.1, 0.15) is 0 Å². The summed E-state index contributed by atoms with van der Waals surface area (Å²) in [5, 5.41) is 5.13. The first-order valence-corrected chi connectivity index (χ1v) is 11.2. The van der Waals surface area contributed by atoms with Gasteiger partial charge in [0.15, 0.2) is 4.96 Å². The summed E-state index contributed by atoms with van der Waals surface area (Å²) in [5.41, 5.74) is 0.804. The monoisotopic (exact) mass is 403 g/mol. The summed E-state index contributed by atoms with van der Waals surface area (Å²) in [6, 6.07) is 1.98. The van der Waals surface area contributed by atoms with E-state index in [2.05, 4.69) is 27.0 Å². The van der Waals surface area contributed by atoms with Crippen LogP contribution in [0.1, 0.15) is 38.3 Å². The number of carbonyl (C=O) groups is 1. The zero-order valence-electron chi connectivity index (χ0n) is 16.5. The average molecular weight is 404 g/mol. The molecule has 7 nitrogen and oxygen atoms in total. The van der Waals surface area contributed by atoms with Crippen LogP contribution in [0.5, 0.6) is 0 Å². The minimum atomic E-state index is -0.0199. The molecule has 2 aromatic heterocycles. The largest absolute Gasteiger partial charge is 0.352 e. The third-order valence-electron chi connectivity index (χ3n) is 6.03.